The number of ether oxygens (including phenoxy) is 4. The summed E-state index contributed by atoms with van der Waals surface area (Å²) in [6.07, 6.45) is 19.1. The topological polar surface area (TPSA) is 36.9 Å². The Morgan fingerprint density at radius 1 is 0.731 bits per heavy atom. The Morgan fingerprint density at radius 2 is 1.46 bits per heavy atom. The fraction of sp³-hybridized carbons (Fsp3) is 1.00. The molecule has 0 radical (unpaired) electrons. The van der Waals surface area contributed by atoms with Gasteiger partial charge in [-0.15, -0.1) is 0 Å². The molecule has 2 heterocycles. The molecule has 154 valence electrons. The van der Waals surface area contributed by atoms with Gasteiger partial charge in [-0.2, -0.15) is 0 Å². The summed E-state index contributed by atoms with van der Waals surface area (Å²) in [5, 5.41) is 0. The summed E-state index contributed by atoms with van der Waals surface area (Å²) in [5.41, 5.74) is 0. The molecule has 0 bridgehead atoms. The summed E-state index contributed by atoms with van der Waals surface area (Å²) in [6.45, 7) is 4.59. The Bertz CT molecular complexity index is 309. The zero-order chi connectivity index (χ0) is 18.3. The monoisotopic (exact) mass is 370 g/mol. The third-order valence-electron chi connectivity index (χ3n) is 5.48. The number of unbranched alkanes of at least 4 members (excludes halogenated alkanes) is 9. The summed E-state index contributed by atoms with van der Waals surface area (Å²) >= 11 is 0. The summed E-state index contributed by atoms with van der Waals surface area (Å²) < 4.78 is 23.3. The molecule has 2 aliphatic heterocycles. The number of hydrogen-bond donors (Lipinski definition) is 0. The lowest BCUT2D eigenvalue weighted by molar-refractivity contribution is -0.241. The molecule has 0 N–H and O–H groups in total. The van der Waals surface area contributed by atoms with Crippen LogP contribution < -0.4 is 0 Å². The highest BCUT2D eigenvalue weighted by atomic mass is 16.7. The molecule has 4 nitrogen and oxygen atoms in total. The summed E-state index contributed by atoms with van der Waals surface area (Å²) in [7, 11) is 0. The van der Waals surface area contributed by atoms with Gasteiger partial charge in [-0.25, -0.2) is 0 Å². The molecule has 0 aromatic heterocycles. The van der Waals surface area contributed by atoms with Crippen LogP contribution in [0, 0.1) is 0 Å². The molecule has 2 fully saturated rings. The van der Waals surface area contributed by atoms with E-state index in [2.05, 4.69) is 6.92 Å². The third kappa shape index (κ3) is 10.2. The van der Waals surface area contributed by atoms with Crippen molar-refractivity contribution < 1.29 is 18.9 Å². The second-order valence-corrected chi connectivity index (χ2v) is 7.95. The smallest absolute Gasteiger partial charge is 0.158 e. The minimum absolute atomic E-state index is 0.0125. The third-order valence-corrected chi connectivity index (χ3v) is 5.48. The van der Waals surface area contributed by atoms with Gasteiger partial charge in [-0.3, -0.25) is 0 Å². The largest absolute Gasteiger partial charge is 0.353 e. The Morgan fingerprint density at radius 3 is 2.08 bits per heavy atom. The standard InChI is InChI=1S/C22H42O4/c1-2-3-4-5-6-7-8-9-10-12-17-23-21-16-15-20(19-25-21)26-22-14-11-13-18-24-22/h20-22H,2-19H2,1H3/t20-,21-,22+/m0/s1. The van der Waals surface area contributed by atoms with Gasteiger partial charge >= 0.3 is 0 Å². The minimum atomic E-state index is -0.0271. The Balaban J connectivity index is 1.35. The van der Waals surface area contributed by atoms with Crippen molar-refractivity contribution in [3.05, 3.63) is 0 Å². The first-order chi connectivity index (χ1) is 12.9. The van der Waals surface area contributed by atoms with Crippen molar-refractivity contribution in [3.8, 4) is 0 Å². The van der Waals surface area contributed by atoms with E-state index in [1.54, 1.807) is 0 Å². The van der Waals surface area contributed by atoms with Gasteiger partial charge in [0.05, 0.1) is 12.7 Å². The van der Waals surface area contributed by atoms with Gasteiger partial charge in [-0.05, 0) is 32.1 Å². The molecule has 0 unspecified atom stereocenters. The Labute approximate surface area is 161 Å². The second-order valence-electron chi connectivity index (χ2n) is 7.95. The van der Waals surface area contributed by atoms with Crippen LogP contribution in [0.2, 0.25) is 0 Å². The Kier molecular flexibility index (Phi) is 12.6. The molecule has 0 spiro atoms. The zero-order valence-corrected chi connectivity index (χ0v) is 17.1. The Hall–Kier alpha value is -0.160. The van der Waals surface area contributed by atoms with Crippen LogP contribution in [-0.2, 0) is 18.9 Å². The van der Waals surface area contributed by atoms with E-state index in [1.807, 2.05) is 0 Å². The summed E-state index contributed by atoms with van der Waals surface area (Å²) in [5.74, 6) is 0. The first-order valence-corrected chi connectivity index (χ1v) is 11.4. The molecular formula is C22H42O4. The molecule has 0 aliphatic carbocycles. The average Bonchev–Trinajstić information content (AvgIpc) is 2.68. The molecule has 2 saturated heterocycles. The molecule has 3 atom stereocenters. The maximum absolute atomic E-state index is 5.99. The highest BCUT2D eigenvalue weighted by Gasteiger charge is 2.26. The van der Waals surface area contributed by atoms with Crippen molar-refractivity contribution in [1.29, 1.82) is 0 Å². The molecule has 0 aromatic carbocycles. The van der Waals surface area contributed by atoms with Crippen LogP contribution >= 0.6 is 0 Å². The van der Waals surface area contributed by atoms with Gasteiger partial charge in [-0.1, -0.05) is 64.7 Å². The van der Waals surface area contributed by atoms with Crippen LogP contribution in [0.15, 0.2) is 0 Å². The quantitative estimate of drug-likeness (QED) is 0.353. The van der Waals surface area contributed by atoms with E-state index in [4.69, 9.17) is 18.9 Å². The molecule has 26 heavy (non-hydrogen) atoms. The second kappa shape index (κ2) is 14.8. The van der Waals surface area contributed by atoms with Gasteiger partial charge in [0.1, 0.15) is 0 Å². The lowest BCUT2D eigenvalue weighted by Gasteiger charge is -2.32. The predicted molar refractivity (Wildman–Crippen MR) is 105 cm³/mol. The van der Waals surface area contributed by atoms with E-state index in [0.717, 1.165) is 45.3 Å². The average molecular weight is 371 g/mol. The van der Waals surface area contributed by atoms with Gasteiger partial charge in [0.25, 0.3) is 0 Å². The van der Waals surface area contributed by atoms with Crippen molar-refractivity contribution in [2.45, 2.75) is 122 Å². The highest BCUT2D eigenvalue weighted by Crippen LogP contribution is 2.22. The van der Waals surface area contributed by atoms with Gasteiger partial charge in [0.2, 0.25) is 0 Å². The SMILES string of the molecule is CCCCCCCCCCCCO[C@@H]1CC[C@H](O[C@@H]2CCCCO2)CO1. The maximum Gasteiger partial charge on any atom is 0.158 e. The van der Waals surface area contributed by atoms with Crippen LogP contribution in [0.3, 0.4) is 0 Å². The van der Waals surface area contributed by atoms with Crippen molar-refractivity contribution in [3.63, 3.8) is 0 Å². The zero-order valence-electron chi connectivity index (χ0n) is 17.1. The van der Waals surface area contributed by atoms with Crippen LogP contribution in [0.25, 0.3) is 0 Å². The molecule has 2 rings (SSSR count). The molecule has 0 amide bonds. The van der Waals surface area contributed by atoms with Gasteiger partial charge < -0.3 is 18.9 Å². The molecule has 0 aromatic rings. The normalized spacial score (nSPS) is 26.9. The molecular weight excluding hydrogens is 328 g/mol. The summed E-state index contributed by atoms with van der Waals surface area (Å²) in [4.78, 5) is 0. The molecule has 4 heteroatoms. The maximum atomic E-state index is 5.99. The van der Waals surface area contributed by atoms with E-state index in [-0.39, 0.29) is 18.7 Å². The first kappa shape index (κ1) is 22.1. The van der Waals surface area contributed by atoms with Crippen LogP contribution in [0.5, 0.6) is 0 Å². The highest BCUT2D eigenvalue weighted by molar-refractivity contribution is 4.67. The summed E-state index contributed by atoms with van der Waals surface area (Å²) in [6, 6.07) is 0. The fourth-order valence-corrected chi connectivity index (χ4v) is 3.78. The van der Waals surface area contributed by atoms with E-state index < -0.39 is 0 Å². The number of rotatable bonds is 14. The fourth-order valence-electron chi connectivity index (χ4n) is 3.78. The van der Waals surface area contributed by atoms with Gasteiger partial charge in [0, 0.05) is 19.6 Å². The van der Waals surface area contributed by atoms with Crippen molar-refractivity contribution in [2.75, 3.05) is 19.8 Å². The van der Waals surface area contributed by atoms with Crippen molar-refractivity contribution in [1.82, 2.24) is 0 Å². The first-order valence-electron chi connectivity index (χ1n) is 11.4. The van der Waals surface area contributed by atoms with E-state index >= 15 is 0 Å². The molecule has 2 aliphatic rings. The predicted octanol–water partition coefficient (Wildman–Crippen LogP) is 5.97. The lowest BCUT2D eigenvalue weighted by Crippen LogP contribution is -2.37. The van der Waals surface area contributed by atoms with Crippen LogP contribution in [0.4, 0.5) is 0 Å². The van der Waals surface area contributed by atoms with Crippen molar-refractivity contribution >= 4 is 0 Å². The van der Waals surface area contributed by atoms with E-state index in [0.29, 0.717) is 6.61 Å². The van der Waals surface area contributed by atoms with E-state index in [1.165, 1.54) is 64.2 Å². The van der Waals surface area contributed by atoms with Crippen LogP contribution in [-0.4, -0.2) is 38.5 Å². The van der Waals surface area contributed by atoms with E-state index in [9.17, 15) is 0 Å². The minimum Gasteiger partial charge on any atom is -0.353 e. The molecule has 0 saturated carbocycles. The number of hydrogen-bond acceptors (Lipinski definition) is 4. The van der Waals surface area contributed by atoms with Crippen LogP contribution in [0.1, 0.15) is 103 Å². The lowest BCUT2D eigenvalue weighted by atomic mass is 10.1. The van der Waals surface area contributed by atoms with Crippen molar-refractivity contribution in [2.24, 2.45) is 0 Å². The van der Waals surface area contributed by atoms with Gasteiger partial charge in [0.15, 0.2) is 12.6 Å².